The summed E-state index contributed by atoms with van der Waals surface area (Å²) in [6.45, 7) is 6.67. The quantitative estimate of drug-likeness (QED) is 0.519. The Labute approximate surface area is 192 Å². The number of hydrogen-bond acceptors (Lipinski definition) is 5. The van der Waals surface area contributed by atoms with Gasteiger partial charge in [0.2, 0.25) is 5.82 Å². The first-order chi connectivity index (χ1) is 15.9. The highest BCUT2D eigenvalue weighted by Gasteiger charge is 2.35. The van der Waals surface area contributed by atoms with Crippen LogP contribution in [0.2, 0.25) is 0 Å². The van der Waals surface area contributed by atoms with E-state index in [0.717, 1.165) is 29.0 Å². The van der Waals surface area contributed by atoms with Gasteiger partial charge >= 0.3 is 6.03 Å². The zero-order chi connectivity index (χ0) is 23.5. The molecule has 33 heavy (non-hydrogen) atoms. The highest BCUT2D eigenvalue weighted by molar-refractivity contribution is 5.86. The minimum atomic E-state index is -0.544. The summed E-state index contributed by atoms with van der Waals surface area (Å²) in [6.07, 6.45) is 0.847. The van der Waals surface area contributed by atoms with Crippen molar-refractivity contribution in [3.8, 4) is 17.1 Å². The number of carbonyl (C=O) groups is 1. The van der Waals surface area contributed by atoms with E-state index >= 15 is 0 Å². The number of benzene rings is 2. The lowest BCUT2D eigenvalue weighted by Crippen LogP contribution is -2.46. The summed E-state index contributed by atoms with van der Waals surface area (Å²) < 4.78 is 24.4. The largest absolute Gasteiger partial charge is 0.497 e. The van der Waals surface area contributed by atoms with Gasteiger partial charge in [-0.05, 0) is 61.2 Å². The first-order valence-corrected chi connectivity index (χ1v) is 10.9. The molecule has 1 aromatic heterocycles. The lowest BCUT2D eigenvalue weighted by molar-refractivity contribution is 0.202. The number of halogens is 1. The highest BCUT2D eigenvalue weighted by Crippen LogP contribution is 2.37. The third-order valence-electron chi connectivity index (χ3n) is 5.73. The Morgan fingerprint density at radius 1 is 1.15 bits per heavy atom. The monoisotopic (exact) mass is 450 g/mol. The standard InChI is InChI=1S/C25H27FN4O3/c1-15(2)13-14-30-16(3)21(22(27-25(30)31)17-5-9-19(26)10-6-17)24-28-23(29-33-24)18-7-11-20(32-4)12-8-18/h5-12,15,22H,13-14H2,1-4H3,(H,27,31). The number of allylic oxidation sites excluding steroid dienone is 1. The average Bonchev–Trinajstić information content (AvgIpc) is 3.28. The second-order valence-corrected chi connectivity index (χ2v) is 8.42. The van der Waals surface area contributed by atoms with Crippen molar-refractivity contribution in [2.75, 3.05) is 13.7 Å². The molecule has 1 aliphatic heterocycles. The van der Waals surface area contributed by atoms with E-state index in [-0.39, 0.29) is 11.8 Å². The number of nitrogens with one attached hydrogen (secondary N) is 1. The van der Waals surface area contributed by atoms with E-state index in [1.54, 1.807) is 24.1 Å². The fourth-order valence-electron chi connectivity index (χ4n) is 3.81. The van der Waals surface area contributed by atoms with E-state index in [0.29, 0.717) is 29.8 Å². The molecule has 0 aliphatic carbocycles. The summed E-state index contributed by atoms with van der Waals surface area (Å²) in [5, 5.41) is 7.19. The van der Waals surface area contributed by atoms with Gasteiger partial charge in [0.1, 0.15) is 11.6 Å². The number of rotatable bonds is 7. The van der Waals surface area contributed by atoms with Gasteiger partial charge in [-0.1, -0.05) is 31.1 Å². The Bertz CT molecular complexity index is 1150. The van der Waals surface area contributed by atoms with Crippen LogP contribution in [0, 0.1) is 11.7 Å². The van der Waals surface area contributed by atoms with Crippen molar-refractivity contribution < 1.29 is 18.4 Å². The zero-order valence-corrected chi connectivity index (χ0v) is 19.1. The molecule has 0 bridgehead atoms. The molecule has 4 rings (SSSR count). The lowest BCUT2D eigenvalue weighted by atomic mass is 9.94. The van der Waals surface area contributed by atoms with Crippen molar-refractivity contribution in [1.29, 1.82) is 0 Å². The van der Waals surface area contributed by atoms with Gasteiger partial charge < -0.3 is 14.6 Å². The minimum Gasteiger partial charge on any atom is -0.497 e. The SMILES string of the molecule is COc1ccc(-c2noc(C3=C(C)N(CCC(C)C)C(=O)NC3c3ccc(F)cc3)n2)cc1. The number of carbonyl (C=O) groups excluding carboxylic acids is 1. The topological polar surface area (TPSA) is 80.5 Å². The van der Waals surface area contributed by atoms with Crippen LogP contribution in [0.25, 0.3) is 17.0 Å². The number of hydrogen-bond donors (Lipinski definition) is 1. The van der Waals surface area contributed by atoms with Crippen molar-refractivity contribution in [3.63, 3.8) is 0 Å². The van der Waals surface area contributed by atoms with Crippen molar-refractivity contribution in [2.45, 2.75) is 33.2 Å². The van der Waals surface area contributed by atoms with Crippen molar-refractivity contribution >= 4 is 11.6 Å². The number of methoxy groups -OCH3 is 1. The molecule has 0 spiro atoms. The second kappa shape index (κ2) is 9.44. The molecule has 0 saturated carbocycles. The molecule has 3 aromatic rings. The maximum absolute atomic E-state index is 13.6. The fraction of sp³-hybridized carbons (Fsp3) is 0.320. The van der Waals surface area contributed by atoms with Crippen molar-refractivity contribution in [3.05, 3.63) is 71.5 Å². The number of amides is 2. The molecular weight excluding hydrogens is 423 g/mol. The van der Waals surface area contributed by atoms with E-state index in [4.69, 9.17) is 9.26 Å². The number of urea groups is 1. The molecule has 2 aromatic carbocycles. The maximum atomic E-state index is 13.6. The van der Waals surface area contributed by atoms with Crippen LogP contribution in [0.5, 0.6) is 5.75 Å². The molecule has 0 radical (unpaired) electrons. The van der Waals surface area contributed by atoms with E-state index in [1.807, 2.05) is 31.2 Å². The Morgan fingerprint density at radius 2 is 1.85 bits per heavy atom. The molecule has 0 saturated heterocycles. The number of aromatic nitrogens is 2. The van der Waals surface area contributed by atoms with Gasteiger partial charge in [0.15, 0.2) is 0 Å². The molecule has 1 N–H and O–H groups in total. The normalized spacial score (nSPS) is 16.4. The summed E-state index contributed by atoms with van der Waals surface area (Å²) >= 11 is 0. The van der Waals surface area contributed by atoms with Crippen LogP contribution in [0.4, 0.5) is 9.18 Å². The van der Waals surface area contributed by atoms with Gasteiger partial charge in [-0.3, -0.25) is 4.90 Å². The maximum Gasteiger partial charge on any atom is 0.322 e. The molecule has 1 aliphatic rings. The minimum absolute atomic E-state index is 0.207. The second-order valence-electron chi connectivity index (χ2n) is 8.42. The molecule has 7 nitrogen and oxygen atoms in total. The Hall–Kier alpha value is -3.68. The van der Waals surface area contributed by atoms with Gasteiger partial charge in [-0.25, -0.2) is 9.18 Å². The van der Waals surface area contributed by atoms with Gasteiger partial charge in [-0.2, -0.15) is 4.98 Å². The molecule has 1 unspecified atom stereocenters. The summed E-state index contributed by atoms with van der Waals surface area (Å²) in [6, 6.07) is 12.6. The van der Waals surface area contributed by atoms with Gasteiger partial charge in [-0.15, -0.1) is 0 Å². The molecule has 0 fully saturated rings. The first-order valence-electron chi connectivity index (χ1n) is 10.9. The predicted octanol–water partition coefficient (Wildman–Crippen LogP) is 5.43. The summed E-state index contributed by atoms with van der Waals surface area (Å²) in [4.78, 5) is 19.3. The summed E-state index contributed by atoms with van der Waals surface area (Å²) in [7, 11) is 1.61. The number of ether oxygens (including phenoxy) is 1. The Kier molecular flexibility index (Phi) is 6.44. The van der Waals surface area contributed by atoms with Crippen LogP contribution < -0.4 is 10.1 Å². The van der Waals surface area contributed by atoms with Crippen LogP contribution in [0.3, 0.4) is 0 Å². The fourth-order valence-corrected chi connectivity index (χ4v) is 3.81. The zero-order valence-electron chi connectivity index (χ0n) is 19.1. The van der Waals surface area contributed by atoms with E-state index < -0.39 is 6.04 Å². The van der Waals surface area contributed by atoms with Gasteiger partial charge in [0, 0.05) is 17.8 Å². The van der Waals surface area contributed by atoms with Crippen LogP contribution >= 0.6 is 0 Å². The summed E-state index contributed by atoms with van der Waals surface area (Å²) in [5.74, 6) is 1.56. The smallest absolute Gasteiger partial charge is 0.322 e. The number of nitrogens with zero attached hydrogens (tertiary/aromatic N) is 3. The Balaban J connectivity index is 1.76. The lowest BCUT2D eigenvalue weighted by Gasteiger charge is -2.35. The van der Waals surface area contributed by atoms with Gasteiger partial charge in [0.25, 0.3) is 5.89 Å². The molecule has 2 amide bonds. The highest BCUT2D eigenvalue weighted by atomic mass is 19.1. The van der Waals surface area contributed by atoms with Crippen LogP contribution in [0.1, 0.15) is 44.7 Å². The molecule has 2 heterocycles. The molecular formula is C25H27FN4O3. The molecule has 172 valence electrons. The molecule has 8 heteroatoms. The van der Waals surface area contributed by atoms with Crippen LogP contribution in [0.15, 0.2) is 58.8 Å². The van der Waals surface area contributed by atoms with Gasteiger partial charge in [0.05, 0.1) is 18.7 Å². The van der Waals surface area contributed by atoms with Crippen molar-refractivity contribution in [1.82, 2.24) is 20.4 Å². The Morgan fingerprint density at radius 3 is 2.48 bits per heavy atom. The predicted molar refractivity (Wildman–Crippen MR) is 123 cm³/mol. The van der Waals surface area contributed by atoms with E-state index in [2.05, 4.69) is 29.3 Å². The van der Waals surface area contributed by atoms with E-state index in [1.165, 1.54) is 12.1 Å². The average molecular weight is 451 g/mol. The van der Waals surface area contributed by atoms with Crippen LogP contribution in [-0.2, 0) is 0 Å². The summed E-state index contributed by atoms with van der Waals surface area (Å²) in [5.41, 5.74) is 2.93. The van der Waals surface area contributed by atoms with Crippen LogP contribution in [-0.4, -0.2) is 34.7 Å². The molecule has 1 atom stereocenters. The third kappa shape index (κ3) is 4.74. The van der Waals surface area contributed by atoms with Crippen molar-refractivity contribution in [2.24, 2.45) is 5.92 Å². The van der Waals surface area contributed by atoms with E-state index in [9.17, 15) is 9.18 Å². The first kappa shape index (κ1) is 22.5. The third-order valence-corrected chi connectivity index (χ3v) is 5.73.